The Balaban J connectivity index is 1.58. The SMILES string of the molecule is CO/N=C1\CCCc2cccc(/C=C/CN3C(=O)c4ccccc4C3=O)c21. The minimum absolute atomic E-state index is 0.239. The molecule has 0 N–H and O–H groups in total. The monoisotopic (exact) mass is 360 g/mol. The summed E-state index contributed by atoms with van der Waals surface area (Å²) >= 11 is 0. The van der Waals surface area contributed by atoms with Crippen molar-refractivity contribution in [2.24, 2.45) is 5.16 Å². The topological polar surface area (TPSA) is 59.0 Å². The van der Waals surface area contributed by atoms with Crippen LogP contribution in [0.1, 0.15) is 50.2 Å². The highest BCUT2D eigenvalue weighted by Crippen LogP contribution is 2.27. The number of fused-ring (bicyclic) bond motifs is 2. The van der Waals surface area contributed by atoms with Crippen LogP contribution >= 0.6 is 0 Å². The molecule has 2 aromatic carbocycles. The van der Waals surface area contributed by atoms with Crippen molar-refractivity contribution in [2.45, 2.75) is 19.3 Å². The number of benzene rings is 2. The van der Waals surface area contributed by atoms with Gasteiger partial charge in [0.2, 0.25) is 0 Å². The minimum atomic E-state index is -0.239. The van der Waals surface area contributed by atoms with Gasteiger partial charge in [-0.3, -0.25) is 14.5 Å². The largest absolute Gasteiger partial charge is 0.399 e. The molecule has 5 heteroatoms. The summed E-state index contributed by atoms with van der Waals surface area (Å²) in [5.74, 6) is -0.478. The van der Waals surface area contributed by atoms with Gasteiger partial charge < -0.3 is 4.84 Å². The van der Waals surface area contributed by atoms with Crippen molar-refractivity contribution in [3.8, 4) is 0 Å². The van der Waals surface area contributed by atoms with Gasteiger partial charge >= 0.3 is 0 Å². The lowest BCUT2D eigenvalue weighted by atomic mass is 9.86. The zero-order chi connectivity index (χ0) is 18.8. The van der Waals surface area contributed by atoms with Gasteiger partial charge in [-0.15, -0.1) is 0 Å². The summed E-state index contributed by atoms with van der Waals surface area (Å²) in [5.41, 5.74) is 5.27. The van der Waals surface area contributed by atoms with Gasteiger partial charge in [0, 0.05) is 12.1 Å². The molecule has 0 unspecified atom stereocenters. The molecular formula is C22H20N2O3. The molecule has 1 heterocycles. The van der Waals surface area contributed by atoms with E-state index < -0.39 is 0 Å². The second-order valence-electron chi connectivity index (χ2n) is 6.62. The molecule has 0 aromatic heterocycles. The zero-order valence-electron chi connectivity index (χ0n) is 15.1. The van der Waals surface area contributed by atoms with Gasteiger partial charge in [-0.05, 0) is 42.5 Å². The Bertz CT molecular complexity index is 940. The third-order valence-corrected chi connectivity index (χ3v) is 5.00. The summed E-state index contributed by atoms with van der Waals surface area (Å²) in [6.45, 7) is 0.243. The molecule has 2 aliphatic rings. The van der Waals surface area contributed by atoms with Crippen molar-refractivity contribution in [1.82, 2.24) is 4.90 Å². The van der Waals surface area contributed by atoms with Crippen LogP contribution in [0.2, 0.25) is 0 Å². The molecule has 2 amide bonds. The lowest BCUT2D eigenvalue weighted by Crippen LogP contribution is -2.29. The molecule has 27 heavy (non-hydrogen) atoms. The van der Waals surface area contributed by atoms with Crippen LogP contribution in [0.3, 0.4) is 0 Å². The van der Waals surface area contributed by atoms with Crippen molar-refractivity contribution in [2.75, 3.05) is 13.7 Å². The third kappa shape index (κ3) is 3.05. The van der Waals surface area contributed by atoms with Gasteiger partial charge in [-0.2, -0.15) is 0 Å². The van der Waals surface area contributed by atoms with E-state index >= 15 is 0 Å². The van der Waals surface area contributed by atoms with Crippen molar-refractivity contribution in [3.05, 3.63) is 76.4 Å². The van der Waals surface area contributed by atoms with Gasteiger partial charge in [0.15, 0.2) is 0 Å². The number of rotatable bonds is 4. The van der Waals surface area contributed by atoms with E-state index in [4.69, 9.17) is 4.84 Å². The Morgan fingerprint density at radius 3 is 2.48 bits per heavy atom. The first kappa shape index (κ1) is 17.2. The van der Waals surface area contributed by atoms with E-state index in [1.807, 2.05) is 24.3 Å². The number of nitrogens with zero attached hydrogens (tertiary/aromatic N) is 2. The maximum Gasteiger partial charge on any atom is 0.261 e. The Hall–Kier alpha value is -3.21. The summed E-state index contributed by atoms with van der Waals surface area (Å²) in [6.07, 6.45) is 6.76. The Morgan fingerprint density at radius 1 is 1.04 bits per heavy atom. The molecule has 0 bridgehead atoms. The fraction of sp³-hybridized carbons (Fsp3) is 0.227. The summed E-state index contributed by atoms with van der Waals surface area (Å²) < 4.78 is 0. The van der Waals surface area contributed by atoms with Crippen molar-refractivity contribution >= 4 is 23.6 Å². The van der Waals surface area contributed by atoms with Gasteiger partial charge in [-0.25, -0.2) is 0 Å². The van der Waals surface area contributed by atoms with Crippen LogP contribution in [0.25, 0.3) is 6.08 Å². The van der Waals surface area contributed by atoms with Crippen molar-refractivity contribution in [3.63, 3.8) is 0 Å². The fourth-order valence-electron chi connectivity index (χ4n) is 3.78. The highest BCUT2D eigenvalue weighted by Gasteiger charge is 2.34. The number of amides is 2. The maximum absolute atomic E-state index is 12.5. The van der Waals surface area contributed by atoms with Crippen molar-refractivity contribution < 1.29 is 14.4 Å². The Morgan fingerprint density at radius 2 is 1.78 bits per heavy atom. The number of carbonyl (C=O) groups excluding carboxylic acids is 2. The highest BCUT2D eigenvalue weighted by molar-refractivity contribution is 6.21. The molecule has 0 fully saturated rings. The second-order valence-corrected chi connectivity index (χ2v) is 6.62. The highest BCUT2D eigenvalue weighted by atomic mass is 16.6. The van der Waals surface area contributed by atoms with Crippen LogP contribution in [0.4, 0.5) is 0 Å². The van der Waals surface area contributed by atoms with Crippen LogP contribution in [0.5, 0.6) is 0 Å². The summed E-state index contributed by atoms with van der Waals surface area (Å²) in [6, 6.07) is 13.1. The molecule has 0 saturated heterocycles. The minimum Gasteiger partial charge on any atom is -0.399 e. The van der Waals surface area contributed by atoms with Crippen LogP contribution in [0.15, 0.2) is 53.7 Å². The predicted molar refractivity (Wildman–Crippen MR) is 104 cm³/mol. The fourth-order valence-corrected chi connectivity index (χ4v) is 3.78. The number of imide groups is 1. The molecule has 0 atom stereocenters. The molecule has 1 aliphatic heterocycles. The molecule has 1 aliphatic carbocycles. The predicted octanol–water partition coefficient (Wildman–Crippen LogP) is 3.68. The molecule has 0 saturated carbocycles. The van der Waals surface area contributed by atoms with E-state index in [0.29, 0.717) is 11.1 Å². The Labute approximate surface area is 157 Å². The van der Waals surface area contributed by atoms with E-state index in [1.54, 1.807) is 31.4 Å². The second kappa shape index (κ2) is 7.19. The molecule has 0 spiro atoms. The average molecular weight is 360 g/mol. The van der Waals surface area contributed by atoms with E-state index in [-0.39, 0.29) is 18.4 Å². The molecule has 4 rings (SSSR count). The van der Waals surface area contributed by atoms with E-state index in [9.17, 15) is 9.59 Å². The number of carbonyl (C=O) groups is 2. The van der Waals surface area contributed by atoms with Crippen LogP contribution < -0.4 is 0 Å². The van der Waals surface area contributed by atoms with Gasteiger partial charge in [0.05, 0.1) is 16.8 Å². The average Bonchev–Trinajstić information content (AvgIpc) is 2.94. The quantitative estimate of drug-likeness (QED) is 0.617. The van der Waals surface area contributed by atoms with Crippen LogP contribution in [-0.4, -0.2) is 36.1 Å². The zero-order valence-corrected chi connectivity index (χ0v) is 15.1. The standard InChI is InChI=1S/C22H20N2O3/c1-27-23-19-13-5-9-15-7-4-8-16(20(15)19)10-6-14-24-21(25)17-11-2-3-12-18(17)22(24)26/h2-4,6-8,10-12H,5,9,13-14H2,1H3/b10-6+,23-19+. The van der Waals surface area contributed by atoms with Gasteiger partial charge in [0.25, 0.3) is 11.8 Å². The molecule has 5 nitrogen and oxygen atoms in total. The third-order valence-electron chi connectivity index (χ3n) is 5.00. The lowest BCUT2D eigenvalue weighted by molar-refractivity contribution is 0.0672. The summed E-state index contributed by atoms with van der Waals surface area (Å²) in [4.78, 5) is 31.2. The first-order valence-corrected chi connectivity index (χ1v) is 9.04. The number of oxime groups is 1. The lowest BCUT2D eigenvalue weighted by Gasteiger charge is -2.19. The maximum atomic E-state index is 12.5. The Kier molecular flexibility index (Phi) is 4.59. The van der Waals surface area contributed by atoms with Crippen LogP contribution in [0, 0.1) is 0 Å². The molecule has 2 aromatic rings. The first-order valence-electron chi connectivity index (χ1n) is 9.04. The van der Waals surface area contributed by atoms with E-state index in [2.05, 4.69) is 11.2 Å². The van der Waals surface area contributed by atoms with Gasteiger partial charge in [0.1, 0.15) is 7.11 Å². The number of hydrogen-bond donors (Lipinski definition) is 0. The van der Waals surface area contributed by atoms with Crippen LogP contribution in [-0.2, 0) is 11.3 Å². The molecular weight excluding hydrogens is 340 g/mol. The number of hydrogen-bond acceptors (Lipinski definition) is 4. The molecule has 136 valence electrons. The molecule has 0 radical (unpaired) electrons. The normalized spacial score (nSPS) is 17.5. The van der Waals surface area contributed by atoms with Crippen molar-refractivity contribution in [1.29, 1.82) is 0 Å². The first-order chi connectivity index (χ1) is 13.2. The van der Waals surface area contributed by atoms with E-state index in [0.717, 1.165) is 36.1 Å². The van der Waals surface area contributed by atoms with E-state index in [1.165, 1.54) is 10.5 Å². The summed E-state index contributed by atoms with van der Waals surface area (Å²) in [7, 11) is 1.56. The summed E-state index contributed by atoms with van der Waals surface area (Å²) in [5, 5.41) is 4.19. The number of aryl methyl sites for hydroxylation is 1. The smallest absolute Gasteiger partial charge is 0.261 e. The van der Waals surface area contributed by atoms with Gasteiger partial charge in [-0.1, -0.05) is 47.6 Å².